The molecule has 2 saturated heterocycles. The van der Waals surface area contributed by atoms with E-state index in [0.717, 1.165) is 0 Å². The van der Waals surface area contributed by atoms with Crippen molar-refractivity contribution in [3.05, 3.63) is 10.4 Å². The highest BCUT2D eigenvalue weighted by Crippen LogP contribution is 2.35. The molecule has 2 rings (SSSR count). The molecule has 5 atom stereocenters. The van der Waals surface area contributed by atoms with Gasteiger partial charge in [-0.1, -0.05) is 5.11 Å². The van der Waals surface area contributed by atoms with Crippen molar-refractivity contribution in [1.29, 1.82) is 0 Å². The van der Waals surface area contributed by atoms with E-state index in [-0.39, 0.29) is 19.6 Å². The molecule has 0 aromatic heterocycles. The van der Waals surface area contributed by atoms with Gasteiger partial charge in [-0.05, 0) is 19.4 Å². The Morgan fingerprint density at radius 2 is 2.35 bits per heavy atom. The van der Waals surface area contributed by atoms with Crippen molar-refractivity contribution in [1.82, 2.24) is 10.2 Å². The molecular weight excluding hydrogens is 330 g/mol. The van der Waals surface area contributed by atoms with E-state index in [1.54, 1.807) is 6.92 Å². The van der Waals surface area contributed by atoms with Gasteiger partial charge >= 0.3 is 6.03 Å². The highest BCUT2D eigenvalue weighted by molar-refractivity contribution is 6.36. The first-order valence-corrected chi connectivity index (χ1v) is 7.49. The van der Waals surface area contributed by atoms with E-state index in [4.69, 9.17) is 26.6 Å². The quantitative estimate of drug-likeness (QED) is 0.326. The van der Waals surface area contributed by atoms with E-state index >= 15 is 0 Å². The van der Waals surface area contributed by atoms with E-state index < -0.39 is 41.4 Å². The van der Waals surface area contributed by atoms with Gasteiger partial charge in [0.15, 0.2) is 11.1 Å². The monoisotopic (exact) mass is 347 g/mol. The first-order chi connectivity index (χ1) is 10.9. The van der Waals surface area contributed by atoms with Crippen molar-refractivity contribution in [3.8, 4) is 0 Å². The van der Waals surface area contributed by atoms with E-state index in [1.807, 2.05) is 0 Å². The highest BCUT2D eigenvalue weighted by Gasteiger charge is 2.54. The number of rotatable bonds is 5. The van der Waals surface area contributed by atoms with Crippen LogP contribution in [0.3, 0.4) is 0 Å². The van der Waals surface area contributed by atoms with Gasteiger partial charge in [0.25, 0.3) is 5.91 Å². The average molecular weight is 348 g/mol. The molecule has 0 bridgehead atoms. The third kappa shape index (κ3) is 3.22. The Labute approximate surface area is 137 Å². The van der Waals surface area contributed by atoms with Crippen LogP contribution in [0.5, 0.6) is 0 Å². The lowest BCUT2D eigenvalue weighted by molar-refractivity contribution is -0.160. The Morgan fingerprint density at radius 3 is 2.91 bits per heavy atom. The van der Waals surface area contributed by atoms with Crippen LogP contribution in [-0.4, -0.2) is 64.6 Å². The van der Waals surface area contributed by atoms with Gasteiger partial charge in [-0.15, -0.1) is 11.6 Å². The second-order valence-electron chi connectivity index (χ2n) is 5.37. The van der Waals surface area contributed by atoms with Gasteiger partial charge in [0.1, 0.15) is 6.23 Å². The largest absolute Gasteiger partial charge is 0.394 e. The number of nitrogens with zero attached hydrogens (tertiary/aromatic N) is 4. The number of urea groups is 1. The van der Waals surface area contributed by atoms with Crippen LogP contribution in [0.25, 0.3) is 10.4 Å². The molecule has 0 aromatic carbocycles. The van der Waals surface area contributed by atoms with E-state index in [2.05, 4.69) is 15.3 Å². The Bertz CT molecular complexity index is 538. The van der Waals surface area contributed by atoms with Crippen molar-refractivity contribution in [2.45, 2.75) is 49.7 Å². The number of halogens is 1. The Kier molecular flexibility index (Phi) is 5.33. The fraction of sp³-hybridized carbons (Fsp3) is 0.833. The third-order valence-corrected chi connectivity index (χ3v) is 4.19. The molecule has 0 aromatic rings. The molecule has 10 nitrogen and oxygen atoms in total. The molecule has 2 aliphatic rings. The molecule has 2 fully saturated rings. The predicted molar refractivity (Wildman–Crippen MR) is 78.3 cm³/mol. The summed E-state index contributed by atoms with van der Waals surface area (Å²) in [5.41, 5.74) is 8.58. The Hall–Kier alpha value is -1.58. The standard InChI is InChI=1S/C12H18ClN5O5/c1-3-22-10-12(2,13)9(20)15-11(21)18(10)8-4-6(16-17-14)7(5-19)23-8/h6-8,10,19H,3-5H2,1-2H3,(H,15,20,21)/t6?,7-,8-,10-,12+/m1/s1. The van der Waals surface area contributed by atoms with Crippen molar-refractivity contribution >= 4 is 23.5 Å². The number of aliphatic hydroxyl groups is 1. The summed E-state index contributed by atoms with van der Waals surface area (Å²) < 4.78 is 11.1. The van der Waals surface area contributed by atoms with Crippen LogP contribution in [0.1, 0.15) is 20.3 Å². The number of hydrogen-bond donors (Lipinski definition) is 2. The molecule has 0 aliphatic carbocycles. The van der Waals surface area contributed by atoms with Crippen LogP contribution in [0.4, 0.5) is 4.79 Å². The van der Waals surface area contributed by atoms with Crippen LogP contribution >= 0.6 is 11.6 Å². The van der Waals surface area contributed by atoms with Crippen LogP contribution in [0.15, 0.2) is 5.11 Å². The fourth-order valence-electron chi connectivity index (χ4n) is 2.68. The number of aliphatic hydroxyl groups excluding tert-OH is 1. The molecule has 1 unspecified atom stereocenters. The number of amides is 3. The van der Waals surface area contributed by atoms with E-state index in [1.165, 1.54) is 11.8 Å². The topological polar surface area (TPSA) is 137 Å². The van der Waals surface area contributed by atoms with Crippen molar-refractivity contribution in [2.24, 2.45) is 5.11 Å². The Morgan fingerprint density at radius 1 is 1.65 bits per heavy atom. The third-order valence-electron chi connectivity index (χ3n) is 3.83. The van der Waals surface area contributed by atoms with Crippen molar-refractivity contribution in [3.63, 3.8) is 0 Å². The maximum Gasteiger partial charge on any atom is 0.328 e. The first-order valence-electron chi connectivity index (χ1n) is 7.11. The number of carbonyl (C=O) groups is 2. The van der Waals surface area contributed by atoms with Gasteiger partial charge in [-0.2, -0.15) is 0 Å². The Balaban J connectivity index is 2.29. The molecule has 0 spiro atoms. The number of hydrogen-bond acceptors (Lipinski definition) is 6. The number of alkyl halides is 1. The molecule has 128 valence electrons. The second-order valence-corrected chi connectivity index (χ2v) is 6.15. The summed E-state index contributed by atoms with van der Waals surface area (Å²) in [6.45, 7) is 3.00. The molecule has 2 aliphatic heterocycles. The van der Waals surface area contributed by atoms with Gasteiger partial charge < -0.3 is 14.6 Å². The van der Waals surface area contributed by atoms with Crippen LogP contribution in [0, 0.1) is 0 Å². The van der Waals surface area contributed by atoms with Crippen LogP contribution in [0.2, 0.25) is 0 Å². The molecule has 11 heteroatoms. The number of imide groups is 1. The number of azide groups is 1. The van der Waals surface area contributed by atoms with Crippen molar-refractivity contribution < 1.29 is 24.2 Å². The normalized spacial score (nSPS) is 37.5. The van der Waals surface area contributed by atoms with Crippen LogP contribution < -0.4 is 5.32 Å². The van der Waals surface area contributed by atoms with Gasteiger partial charge in [0.2, 0.25) is 0 Å². The summed E-state index contributed by atoms with van der Waals surface area (Å²) in [7, 11) is 0. The maximum atomic E-state index is 12.2. The van der Waals surface area contributed by atoms with Gasteiger partial charge in [-0.3, -0.25) is 15.0 Å². The van der Waals surface area contributed by atoms with Gasteiger partial charge in [-0.25, -0.2) is 4.79 Å². The lowest BCUT2D eigenvalue weighted by Crippen LogP contribution is -2.69. The zero-order chi connectivity index (χ0) is 17.2. The molecule has 0 saturated carbocycles. The lowest BCUT2D eigenvalue weighted by Gasteiger charge is -2.44. The van der Waals surface area contributed by atoms with Gasteiger partial charge in [0, 0.05) is 17.9 Å². The summed E-state index contributed by atoms with van der Waals surface area (Å²) >= 11 is 6.26. The minimum absolute atomic E-state index is 0.160. The SMILES string of the molecule is CCO[C@H]1N([C@H]2CC(N=[N+]=[N-])[C@@H](CO)O2)C(=O)NC(=O)[C@]1(C)Cl. The molecule has 23 heavy (non-hydrogen) atoms. The number of nitrogens with one attached hydrogen (secondary N) is 1. The van der Waals surface area contributed by atoms with E-state index in [0.29, 0.717) is 0 Å². The molecular formula is C12H18ClN5O5. The van der Waals surface area contributed by atoms with Crippen molar-refractivity contribution in [2.75, 3.05) is 13.2 Å². The molecule has 2 heterocycles. The molecule has 2 N–H and O–H groups in total. The summed E-state index contributed by atoms with van der Waals surface area (Å²) in [5.74, 6) is -0.665. The smallest absolute Gasteiger partial charge is 0.328 e. The number of ether oxygens (including phenoxy) is 2. The first kappa shape index (κ1) is 17.8. The van der Waals surface area contributed by atoms with Gasteiger partial charge in [0.05, 0.1) is 18.8 Å². The summed E-state index contributed by atoms with van der Waals surface area (Å²) in [6, 6.07) is -1.35. The zero-order valence-corrected chi connectivity index (χ0v) is 13.4. The maximum absolute atomic E-state index is 12.2. The summed E-state index contributed by atoms with van der Waals surface area (Å²) in [5, 5.41) is 15.0. The minimum atomic E-state index is -1.50. The van der Waals surface area contributed by atoms with E-state index in [9.17, 15) is 14.7 Å². The lowest BCUT2D eigenvalue weighted by atomic mass is 10.0. The summed E-state index contributed by atoms with van der Waals surface area (Å²) in [4.78, 5) is 26.6. The minimum Gasteiger partial charge on any atom is -0.394 e. The molecule has 0 radical (unpaired) electrons. The molecule has 3 amide bonds. The predicted octanol–water partition coefficient (Wildman–Crippen LogP) is 0.685. The highest BCUT2D eigenvalue weighted by atomic mass is 35.5. The second kappa shape index (κ2) is 6.90. The summed E-state index contributed by atoms with van der Waals surface area (Å²) in [6.07, 6.45) is -2.48. The number of carbonyl (C=O) groups excluding carboxylic acids is 2. The fourth-order valence-corrected chi connectivity index (χ4v) is 2.89. The van der Waals surface area contributed by atoms with Crippen LogP contribution in [-0.2, 0) is 14.3 Å². The average Bonchev–Trinajstić information content (AvgIpc) is 2.88. The zero-order valence-electron chi connectivity index (χ0n) is 12.7.